The maximum atomic E-state index is 12.6. The number of rotatable bonds is 5. The zero-order chi connectivity index (χ0) is 17.2. The monoisotopic (exact) mass is 334 g/mol. The van der Waals surface area contributed by atoms with Crippen molar-refractivity contribution in [2.45, 2.75) is 12.3 Å². The molecule has 1 amide bonds. The van der Waals surface area contributed by atoms with E-state index in [4.69, 9.17) is 4.74 Å². The van der Waals surface area contributed by atoms with Crippen molar-refractivity contribution in [2.24, 2.45) is 5.92 Å². The molecule has 1 saturated carbocycles. The average molecular weight is 334 g/mol. The van der Waals surface area contributed by atoms with Crippen molar-refractivity contribution in [3.63, 3.8) is 0 Å². The second-order valence-electron chi connectivity index (χ2n) is 6.10. The van der Waals surface area contributed by atoms with Gasteiger partial charge in [0.25, 0.3) is 0 Å². The molecule has 0 radical (unpaired) electrons. The molecular formula is C19H18N4O2. The van der Waals surface area contributed by atoms with Crippen molar-refractivity contribution >= 4 is 11.6 Å². The number of carbonyl (C=O) groups is 1. The van der Waals surface area contributed by atoms with Crippen LogP contribution in [0.1, 0.15) is 17.9 Å². The highest BCUT2D eigenvalue weighted by Crippen LogP contribution is 2.50. The van der Waals surface area contributed by atoms with E-state index in [0.29, 0.717) is 0 Å². The van der Waals surface area contributed by atoms with Crippen LogP contribution in [-0.4, -0.2) is 27.8 Å². The predicted molar refractivity (Wildman–Crippen MR) is 93.8 cm³/mol. The SMILES string of the molecule is COc1ccccc1[C@@H]1C[C@@H]1C(=O)Nc1cccc(-n2cnnc2)c1. The Morgan fingerprint density at radius 3 is 2.76 bits per heavy atom. The second-order valence-corrected chi connectivity index (χ2v) is 6.10. The van der Waals surface area contributed by atoms with Gasteiger partial charge >= 0.3 is 0 Å². The summed E-state index contributed by atoms with van der Waals surface area (Å²) in [5, 5.41) is 10.6. The van der Waals surface area contributed by atoms with Crippen molar-refractivity contribution in [3.05, 3.63) is 66.7 Å². The van der Waals surface area contributed by atoms with E-state index in [0.717, 1.165) is 29.1 Å². The maximum absolute atomic E-state index is 12.6. The summed E-state index contributed by atoms with van der Waals surface area (Å²) < 4.78 is 7.20. The van der Waals surface area contributed by atoms with Crippen LogP contribution in [0.3, 0.4) is 0 Å². The highest BCUT2D eigenvalue weighted by Gasteiger charge is 2.45. The van der Waals surface area contributed by atoms with E-state index in [1.54, 1.807) is 24.3 Å². The molecule has 0 bridgehead atoms. The van der Waals surface area contributed by atoms with Gasteiger partial charge in [-0.1, -0.05) is 24.3 Å². The van der Waals surface area contributed by atoms with E-state index in [2.05, 4.69) is 15.5 Å². The molecular weight excluding hydrogens is 316 g/mol. The quantitative estimate of drug-likeness (QED) is 0.779. The smallest absolute Gasteiger partial charge is 0.228 e. The summed E-state index contributed by atoms with van der Waals surface area (Å²) in [6.45, 7) is 0. The Morgan fingerprint density at radius 2 is 1.96 bits per heavy atom. The van der Waals surface area contributed by atoms with Crippen LogP contribution in [0.2, 0.25) is 0 Å². The normalized spacial score (nSPS) is 18.6. The minimum atomic E-state index is -0.0186. The van der Waals surface area contributed by atoms with E-state index in [-0.39, 0.29) is 17.7 Å². The zero-order valence-corrected chi connectivity index (χ0v) is 13.8. The van der Waals surface area contributed by atoms with Gasteiger partial charge in [-0.3, -0.25) is 9.36 Å². The number of hydrogen-bond donors (Lipinski definition) is 1. The molecule has 0 spiro atoms. The van der Waals surface area contributed by atoms with Gasteiger partial charge in [-0.05, 0) is 42.2 Å². The van der Waals surface area contributed by atoms with E-state index in [1.807, 2.05) is 48.5 Å². The van der Waals surface area contributed by atoms with Crippen molar-refractivity contribution in [1.82, 2.24) is 14.8 Å². The van der Waals surface area contributed by atoms with Gasteiger partial charge in [0.15, 0.2) is 0 Å². The number of benzene rings is 2. The number of nitrogens with zero attached hydrogens (tertiary/aromatic N) is 3. The lowest BCUT2D eigenvalue weighted by Gasteiger charge is -2.09. The van der Waals surface area contributed by atoms with E-state index < -0.39 is 0 Å². The van der Waals surface area contributed by atoms with Crippen LogP contribution in [-0.2, 0) is 4.79 Å². The first-order valence-electron chi connectivity index (χ1n) is 8.15. The first-order valence-corrected chi connectivity index (χ1v) is 8.15. The number of amides is 1. The molecule has 1 N–H and O–H groups in total. The summed E-state index contributed by atoms with van der Waals surface area (Å²) in [6, 6.07) is 15.5. The molecule has 2 atom stereocenters. The highest BCUT2D eigenvalue weighted by molar-refractivity contribution is 5.95. The van der Waals surface area contributed by atoms with Crippen LogP contribution in [0.5, 0.6) is 5.75 Å². The van der Waals surface area contributed by atoms with Crippen molar-refractivity contribution < 1.29 is 9.53 Å². The fraction of sp³-hybridized carbons (Fsp3) is 0.211. The van der Waals surface area contributed by atoms with Gasteiger partial charge in [0.2, 0.25) is 5.91 Å². The van der Waals surface area contributed by atoms with Crippen molar-refractivity contribution in [2.75, 3.05) is 12.4 Å². The minimum absolute atomic E-state index is 0.0186. The fourth-order valence-corrected chi connectivity index (χ4v) is 3.11. The molecule has 4 rings (SSSR count). The van der Waals surface area contributed by atoms with Gasteiger partial charge in [-0.15, -0.1) is 10.2 Å². The Kier molecular flexibility index (Phi) is 3.93. The Labute approximate surface area is 145 Å². The number of hydrogen-bond acceptors (Lipinski definition) is 4. The Hall–Kier alpha value is -3.15. The summed E-state index contributed by atoms with van der Waals surface area (Å²) in [4.78, 5) is 12.6. The molecule has 0 aliphatic heterocycles. The Morgan fingerprint density at radius 1 is 1.16 bits per heavy atom. The molecule has 1 fully saturated rings. The number of anilines is 1. The first kappa shape index (κ1) is 15.4. The minimum Gasteiger partial charge on any atom is -0.496 e. The zero-order valence-electron chi connectivity index (χ0n) is 13.8. The Bertz CT molecular complexity index is 892. The lowest BCUT2D eigenvalue weighted by Crippen LogP contribution is -2.14. The van der Waals surface area contributed by atoms with Gasteiger partial charge in [0, 0.05) is 11.6 Å². The molecule has 0 unspecified atom stereocenters. The van der Waals surface area contributed by atoms with Crippen molar-refractivity contribution in [1.29, 1.82) is 0 Å². The lowest BCUT2D eigenvalue weighted by molar-refractivity contribution is -0.117. The molecule has 2 aromatic carbocycles. The maximum Gasteiger partial charge on any atom is 0.228 e. The molecule has 1 aromatic heterocycles. The third kappa shape index (κ3) is 3.10. The van der Waals surface area contributed by atoms with E-state index in [9.17, 15) is 4.79 Å². The summed E-state index contributed by atoms with van der Waals surface area (Å²) >= 11 is 0. The third-order valence-corrected chi connectivity index (χ3v) is 4.50. The van der Waals surface area contributed by atoms with Gasteiger partial charge in [0.05, 0.1) is 12.8 Å². The van der Waals surface area contributed by atoms with E-state index in [1.165, 1.54) is 0 Å². The summed E-state index contributed by atoms with van der Waals surface area (Å²) in [7, 11) is 1.66. The number of carbonyl (C=O) groups excluding carboxylic acids is 1. The van der Waals surface area contributed by atoms with E-state index >= 15 is 0 Å². The van der Waals surface area contributed by atoms with Crippen LogP contribution in [0.25, 0.3) is 5.69 Å². The van der Waals surface area contributed by atoms with Crippen LogP contribution >= 0.6 is 0 Å². The summed E-state index contributed by atoms with van der Waals surface area (Å²) in [5.41, 5.74) is 2.77. The molecule has 25 heavy (non-hydrogen) atoms. The molecule has 126 valence electrons. The lowest BCUT2D eigenvalue weighted by atomic mass is 10.1. The van der Waals surface area contributed by atoms with Gasteiger partial charge in [0.1, 0.15) is 18.4 Å². The molecule has 6 nitrogen and oxygen atoms in total. The molecule has 1 aliphatic carbocycles. The third-order valence-electron chi connectivity index (χ3n) is 4.50. The van der Waals surface area contributed by atoms with Gasteiger partial charge in [-0.2, -0.15) is 0 Å². The standard InChI is InChI=1S/C19H18N4O2/c1-25-18-8-3-2-7-15(18)16-10-17(16)19(24)22-13-5-4-6-14(9-13)23-11-20-21-12-23/h2-9,11-12,16-17H,10H2,1H3,(H,22,24)/t16-,17-/m0/s1. The fourth-order valence-electron chi connectivity index (χ4n) is 3.11. The van der Waals surface area contributed by atoms with Crippen LogP contribution < -0.4 is 10.1 Å². The predicted octanol–water partition coefficient (Wildman–Crippen LogP) is 3.02. The Balaban J connectivity index is 1.46. The van der Waals surface area contributed by atoms with Crippen LogP contribution in [0.4, 0.5) is 5.69 Å². The summed E-state index contributed by atoms with van der Waals surface area (Å²) in [5.74, 6) is 1.08. The van der Waals surface area contributed by atoms with Gasteiger partial charge in [-0.25, -0.2) is 0 Å². The summed E-state index contributed by atoms with van der Waals surface area (Å²) in [6.07, 6.45) is 4.09. The highest BCUT2D eigenvalue weighted by atomic mass is 16.5. The molecule has 3 aromatic rings. The average Bonchev–Trinajstić information content (AvgIpc) is 3.26. The van der Waals surface area contributed by atoms with Crippen LogP contribution in [0, 0.1) is 5.92 Å². The first-order chi connectivity index (χ1) is 12.3. The largest absolute Gasteiger partial charge is 0.496 e. The molecule has 1 heterocycles. The molecule has 6 heteroatoms. The molecule has 1 aliphatic rings. The van der Waals surface area contributed by atoms with Crippen LogP contribution in [0.15, 0.2) is 61.2 Å². The number of nitrogens with one attached hydrogen (secondary N) is 1. The van der Waals surface area contributed by atoms with Gasteiger partial charge < -0.3 is 10.1 Å². The number of methoxy groups -OCH3 is 1. The number of ether oxygens (including phenoxy) is 1. The topological polar surface area (TPSA) is 69.0 Å². The molecule has 0 saturated heterocycles. The number of aromatic nitrogens is 3. The van der Waals surface area contributed by atoms with Crippen molar-refractivity contribution in [3.8, 4) is 11.4 Å². The second kappa shape index (κ2) is 6.39. The number of para-hydroxylation sites is 1.